The Morgan fingerprint density at radius 1 is 1.65 bits per heavy atom. The van der Waals surface area contributed by atoms with E-state index >= 15 is 0 Å². The van der Waals surface area contributed by atoms with Crippen molar-refractivity contribution in [3.8, 4) is 0 Å². The van der Waals surface area contributed by atoms with Gasteiger partial charge in [0, 0.05) is 26.7 Å². The number of ether oxygens (including phenoxy) is 1. The molecule has 20 heavy (non-hydrogen) atoms. The summed E-state index contributed by atoms with van der Waals surface area (Å²) < 4.78 is 9.74. The molecule has 1 fully saturated rings. The average Bonchev–Trinajstić information content (AvgIpc) is 2.85. The van der Waals surface area contributed by atoms with E-state index in [4.69, 9.17) is 10.5 Å². The monoisotopic (exact) mass is 299 g/mol. The van der Waals surface area contributed by atoms with Crippen molar-refractivity contribution >= 4 is 28.3 Å². The van der Waals surface area contributed by atoms with E-state index in [2.05, 4.69) is 26.8 Å². The fraction of sp³-hybridized carbons (Fsp3) is 0.667. The number of aromatic nitrogens is 1. The molecule has 0 saturated carbocycles. The van der Waals surface area contributed by atoms with Crippen LogP contribution in [0.4, 0.5) is 10.8 Å². The Balaban J connectivity index is 1.95. The number of amides is 1. The Morgan fingerprint density at radius 2 is 2.45 bits per heavy atom. The van der Waals surface area contributed by atoms with Crippen LogP contribution in [0.15, 0.2) is 0 Å². The van der Waals surface area contributed by atoms with Gasteiger partial charge in [-0.1, -0.05) is 6.92 Å². The number of carbonyl (C=O) groups excluding carboxylic acids is 1. The van der Waals surface area contributed by atoms with E-state index in [0.29, 0.717) is 17.1 Å². The Bertz CT molecular complexity index is 465. The molecule has 1 saturated heterocycles. The zero-order valence-electron chi connectivity index (χ0n) is 11.8. The van der Waals surface area contributed by atoms with Crippen LogP contribution in [0, 0.1) is 0 Å². The second kappa shape index (κ2) is 6.87. The van der Waals surface area contributed by atoms with E-state index in [-0.39, 0.29) is 17.8 Å². The lowest BCUT2D eigenvalue weighted by atomic mass is 10.2. The van der Waals surface area contributed by atoms with Crippen molar-refractivity contribution in [3.63, 3.8) is 0 Å². The van der Waals surface area contributed by atoms with Gasteiger partial charge in [0.15, 0.2) is 5.82 Å². The normalized spacial score (nSPS) is 19.8. The van der Waals surface area contributed by atoms with Crippen molar-refractivity contribution in [2.45, 2.75) is 13.0 Å². The van der Waals surface area contributed by atoms with Crippen molar-refractivity contribution in [1.29, 1.82) is 0 Å². The topological polar surface area (TPSA) is 92.5 Å². The maximum absolute atomic E-state index is 11.8. The van der Waals surface area contributed by atoms with Gasteiger partial charge in [-0.2, -0.15) is 4.37 Å². The molecule has 0 aromatic carbocycles. The smallest absolute Gasteiger partial charge is 0.257 e. The summed E-state index contributed by atoms with van der Waals surface area (Å²) in [5.41, 5.74) is 6.15. The van der Waals surface area contributed by atoms with Gasteiger partial charge in [0.05, 0.1) is 12.7 Å². The number of likely N-dealkylation sites (N-methyl/N-ethyl adjacent to an activating group) is 1. The van der Waals surface area contributed by atoms with E-state index in [0.717, 1.165) is 26.2 Å². The highest BCUT2D eigenvalue weighted by Gasteiger charge is 2.22. The number of carbonyl (C=O) groups is 1. The van der Waals surface area contributed by atoms with Gasteiger partial charge in [0.2, 0.25) is 0 Å². The minimum atomic E-state index is -0.224. The highest BCUT2D eigenvalue weighted by Crippen LogP contribution is 2.26. The van der Waals surface area contributed by atoms with Crippen LogP contribution in [-0.4, -0.2) is 61.1 Å². The van der Waals surface area contributed by atoms with Gasteiger partial charge in [0.25, 0.3) is 5.91 Å². The van der Waals surface area contributed by atoms with Crippen LogP contribution in [0.25, 0.3) is 0 Å². The number of nitrogens with one attached hydrogen (secondary N) is 2. The first-order valence-corrected chi connectivity index (χ1v) is 7.48. The highest BCUT2D eigenvalue weighted by molar-refractivity contribution is 7.11. The summed E-state index contributed by atoms with van der Waals surface area (Å²) in [6.07, 6.45) is 0.115. The number of hydrogen-bond acceptors (Lipinski definition) is 7. The van der Waals surface area contributed by atoms with E-state index < -0.39 is 0 Å². The maximum Gasteiger partial charge on any atom is 0.257 e. The molecule has 2 heterocycles. The van der Waals surface area contributed by atoms with Crippen molar-refractivity contribution in [2.75, 3.05) is 50.9 Å². The maximum atomic E-state index is 11.8. The Kier molecular flexibility index (Phi) is 5.16. The molecule has 0 radical (unpaired) electrons. The fourth-order valence-electron chi connectivity index (χ4n) is 2.17. The summed E-state index contributed by atoms with van der Waals surface area (Å²) in [5.74, 6) is 0.0371. The molecule has 1 aliphatic rings. The molecule has 7 nitrogen and oxygen atoms in total. The lowest BCUT2D eigenvalue weighted by Crippen LogP contribution is -2.45. The lowest BCUT2D eigenvalue weighted by molar-refractivity contribution is -0.0191. The third kappa shape index (κ3) is 3.38. The van der Waals surface area contributed by atoms with Crippen LogP contribution in [0.5, 0.6) is 0 Å². The molecular formula is C12H21N5O2S. The van der Waals surface area contributed by atoms with Gasteiger partial charge in [-0.3, -0.25) is 9.69 Å². The van der Waals surface area contributed by atoms with Gasteiger partial charge in [0.1, 0.15) is 10.6 Å². The molecule has 1 amide bonds. The van der Waals surface area contributed by atoms with Crippen molar-refractivity contribution < 1.29 is 9.53 Å². The highest BCUT2D eigenvalue weighted by atomic mass is 32.1. The average molecular weight is 299 g/mol. The van der Waals surface area contributed by atoms with Crippen LogP contribution in [-0.2, 0) is 4.74 Å². The van der Waals surface area contributed by atoms with Crippen molar-refractivity contribution in [2.24, 2.45) is 0 Å². The molecule has 1 aliphatic heterocycles. The first-order chi connectivity index (χ1) is 9.65. The Morgan fingerprint density at radius 3 is 3.15 bits per heavy atom. The summed E-state index contributed by atoms with van der Waals surface area (Å²) in [4.78, 5) is 14.1. The summed E-state index contributed by atoms with van der Waals surface area (Å²) >= 11 is 1.20. The second-order valence-corrected chi connectivity index (χ2v) is 5.39. The Labute approximate surface area is 122 Å². The minimum Gasteiger partial charge on any atom is -0.382 e. The number of morpholine rings is 1. The van der Waals surface area contributed by atoms with Gasteiger partial charge in [-0.05, 0) is 18.1 Å². The van der Waals surface area contributed by atoms with Crippen LogP contribution in [0.2, 0.25) is 0 Å². The number of nitrogens with two attached hydrogens (primary N) is 1. The molecule has 1 atom stereocenters. The first-order valence-electron chi connectivity index (χ1n) is 6.70. The van der Waals surface area contributed by atoms with Gasteiger partial charge in [-0.15, -0.1) is 0 Å². The standard InChI is InChI=1S/C12H21N5O2S/c1-3-17-4-5-19-8(7-17)6-15-12-9(11(18)14-2)10(13)16-20-12/h8,15H,3-7H2,1-2H3,(H2,13,16)(H,14,18). The number of nitrogen functional groups attached to an aromatic ring is 1. The molecule has 0 aliphatic carbocycles. The molecule has 4 N–H and O–H groups in total. The number of rotatable bonds is 5. The first kappa shape index (κ1) is 15.0. The van der Waals surface area contributed by atoms with Crippen molar-refractivity contribution in [3.05, 3.63) is 5.56 Å². The van der Waals surface area contributed by atoms with Gasteiger partial charge < -0.3 is 21.1 Å². The molecule has 0 spiro atoms. The molecule has 8 heteroatoms. The molecule has 2 rings (SSSR count). The molecule has 1 aromatic rings. The Hall–Kier alpha value is -1.38. The molecule has 1 aromatic heterocycles. The summed E-state index contributed by atoms with van der Waals surface area (Å²) in [5, 5.41) is 6.49. The van der Waals surface area contributed by atoms with Crippen molar-refractivity contribution in [1.82, 2.24) is 14.6 Å². The molecular weight excluding hydrogens is 278 g/mol. The molecule has 1 unspecified atom stereocenters. The van der Waals surface area contributed by atoms with Crippen LogP contribution in [0.3, 0.4) is 0 Å². The molecule has 0 bridgehead atoms. The number of anilines is 2. The van der Waals surface area contributed by atoms with Gasteiger partial charge in [-0.25, -0.2) is 0 Å². The summed E-state index contributed by atoms with van der Waals surface area (Å²) in [7, 11) is 1.58. The second-order valence-electron chi connectivity index (χ2n) is 4.62. The summed E-state index contributed by atoms with van der Waals surface area (Å²) in [6, 6.07) is 0. The fourth-order valence-corrected chi connectivity index (χ4v) is 2.88. The van der Waals surface area contributed by atoms with Crippen LogP contribution >= 0.6 is 11.5 Å². The molecule has 112 valence electrons. The predicted octanol–water partition coefficient (Wildman–Crippen LogP) is 0.218. The zero-order valence-corrected chi connectivity index (χ0v) is 12.6. The largest absolute Gasteiger partial charge is 0.382 e. The van der Waals surface area contributed by atoms with Gasteiger partial charge >= 0.3 is 0 Å². The minimum absolute atomic E-state index is 0.115. The van der Waals surface area contributed by atoms with E-state index in [1.165, 1.54) is 11.5 Å². The number of nitrogens with zero attached hydrogens (tertiary/aromatic N) is 2. The zero-order chi connectivity index (χ0) is 14.5. The lowest BCUT2D eigenvalue weighted by Gasteiger charge is -2.32. The SMILES string of the molecule is CCN1CCOC(CNc2snc(N)c2C(=O)NC)C1. The predicted molar refractivity (Wildman–Crippen MR) is 80.3 cm³/mol. The van der Waals surface area contributed by atoms with Crippen LogP contribution in [0.1, 0.15) is 17.3 Å². The van der Waals surface area contributed by atoms with E-state index in [9.17, 15) is 4.79 Å². The quantitative estimate of drug-likeness (QED) is 0.720. The summed E-state index contributed by atoms with van der Waals surface area (Å²) in [6.45, 7) is 6.42. The third-order valence-electron chi connectivity index (χ3n) is 3.33. The van der Waals surface area contributed by atoms with E-state index in [1.807, 2.05) is 0 Å². The van der Waals surface area contributed by atoms with E-state index in [1.54, 1.807) is 7.05 Å². The number of hydrogen-bond donors (Lipinski definition) is 3. The van der Waals surface area contributed by atoms with Crippen LogP contribution < -0.4 is 16.4 Å². The third-order valence-corrected chi connectivity index (χ3v) is 4.15.